The minimum Gasteiger partial charge on any atom is -0.454 e. The number of rotatable bonds is 1. The average molecular weight is 399 g/mol. The molecule has 0 saturated heterocycles. The fourth-order valence-electron chi connectivity index (χ4n) is 5.45. The Morgan fingerprint density at radius 1 is 1.03 bits per heavy atom. The van der Waals surface area contributed by atoms with E-state index in [1.165, 1.54) is 28.1 Å². The molecule has 30 heavy (non-hydrogen) atoms. The standard InChI is InChI=1S/C26H25NO3/c1-26(2)13-21-25(22(28)14-26)19(16-6-4-3-5-7-16)11-20-18-12-24-23(29-15-30-24)10-17(18)8-9-27(20)21/h3-7,10-12,19H,8-9,13-15H2,1-2H3/t19-/m1/s1. The second-order valence-electron chi connectivity index (χ2n) is 9.51. The lowest BCUT2D eigenvalue weighted by atomic mass is 9.69. The maximum Gasteiger partial charge on any atom is 0.231 e. The molecule has 4 nitrogen and oxygen atoms in total. The highest BCUT2D eigenvalue weighted by atomic mass is 16.7. The largest absolute Gasteiger partial charge is 0.454 e. The third-order valence-corrected chi connectivity index (χ3v) is 6.79. The topological polar surface area (TPSA) is 38.8 Å². The maximum absolute atomic E-state index is 13.4. The summed E-state index contributed by atoms with van der Waals surface area (Å²) in [7, 11) is 0. The van der Waals surface area contributed by atoms with Crippen molar-refractivity contribution >= 4 is 11.5 Å². The quantitative estimate of drug-likeness (QED) is 0.672. The van der Waals surface area contributed by atoms with Crippen molar-refractivity contribution in [3.8, 4) is 11.5 Å². The van der Waals surface area contributed by atoms with Crippen molar-refractivity contribution in [1.82, 2.24) is 4.90 Å². The van der Waals surface area contributed by atoms with Crippen molar-refractivity contribution in [3.63, 3.8) is 0 Å². The van der Waals surface area contributed by atoms with E-state index in [1.807, 2.05) is 6.07 Å². The first kappa shape index (κ1) is 17.8. The van der Waals surface area contributed by atoms with Gasteiger partial charge in [-0.3, -0.25) is 4.79 Å². The Balaban J connectivity index is 1.55. The summed E-state index contributed by atoms with van der Waals surface area (Å²) in [4.78, 5) is 15.8. The highest BCUT2D eigenvalue weighted by Crippen LogP contribution is 2.51. The van der Waals surface area contributed by atoms with Crippen molar-refractivity contribution in [1.29, 1.82) is 0 Å². The molecule has 4 heteroatoms. The zero-order valence-electron chi connectivity index (χ0n) is 17.4. The minimum atomic E-state index is -0.0191. The summed E-state index contributed by atoms with van der Waals surface area (Å²) in [5.74, 6) is 1.94. The van der Waals surface area contributed by atoms with Crippen molar-refractivity contribution in [3.05, 3.63) is 76.5 Å². The van der Waals surface area contributed by atoms with E-state index in [1.54, 1.807) is 0 Å². The highest BCUT2D eigenvalue weighted by molar-refractivity contribution is 6.01. The van der Waals surface area contributed by atoms with E-state index in [-0.39, 0.29) is 18.1 Å². The lowest BCUT2D eigenvalue weighted by molar-refractivity contribution is -0.118. The normalized spacial score (nSPS) is 23.5. The smallest absolute Gasteiger partial charge is 0.231 e. The molecule has 1 aliphatic carbocycles. The van der Waals surface area contributed by atoms with Gasteiger partial charge in [0, 0.05) is 41.4 Å². The maximum atomic E-state index is 13.4. The van der Waals surface area contributed by atoms with Crippen LogP contribution in [-0.4, -0.2) is 24.0 Å². The molecule has 0 fully saturated rings. The number of benzene rings is 2. The molecule has 0 saturated carbocycles. The monoisotopic (exact) mass is 399 g/mol. The number of ketones is 1. The van der Waals surface area contributed by atoms with Gasteiger partial charge >= 0.3 is 0 Å². The van der Waals surface area contributed by atoms with Gasteiger partial charge in [0.15, 0.2) is 17.3 Å². The first-order chi connectivity index (χ1) is 14.5. The van der Waals surface area contributed by atoms with Gasteiger partial charge in [0.2, 0.25) is 6.79 Å². The molecule has 0 aromatic heterocycles. The third-order valence-electron chi connectivity index (χ3n) is 6.79. The lowest BCUT2D eigenvalue weighted by Crippen LogP contribution is -2.40. The molecule has 0 amide bonds. The Labute approximate surface area is 176 Å². The van der Waals surface area contributed by atoms with E-state index in [2.05, 4.69) is 61.2 Å². The van der Waals surface area contributed by atoms with Crippen LogP contribution in [0.2, 0.25) is 0 Å². The molecule has 2 aromatic carbocycles. The van der Waals surface area contributed by atoms with Crippen LogP contribution in [0.4, 0.5) is 0 Å². The number of hydrogen-bond acceptors (Lipinski definition) is 4. The van der Waals surface area contributed by atoms with Gasteiger partial charge in [-0.1, -0.05) is 44.2 Å². The molecule has 0 bridgehead atoms. The predicted octanol–water partition coefficient (Wildman–Crippen LogP) is 5.05. The second-order valence-corrected chi connectivity index (χ2v) is 9.51. The number of allylic oxidation sites excluding steroid dienone is 3. The van der Waals surface area contributed by atoms with Crippen LogP contribution in [0.15, 0.2) is 59.8 Å². The summed E-state index contributed by atoms with van der Waals surface area (Å²) in [6, 6.07) is 14.7. The number of Topliss-reactive ketones (excluding diaryl/α,β-unsaturated/α-hetero) is 1. The van der Waals surface area contributed by atoms with Crippen LogP contribution in [0.3, 0.4) is 0 Å². The van der Waals surface area contributed by atoms with E-state index >= 15 is 0 Å². The first-order valence-electron chi connectivity index (χ1n) is 10.7. The Hall–Kier alpha value is -3.01. The summed E-state index contributed by atoms with van der Waals surface area (Å²) in [6.07, 6.45) is 4.77. The van der Waals surface area contributed by atoms with E-state index in [9.17, 15) is 4.79 Å². The van der Waals surface area contributed by atoms with Gasteiger partial charge in [-0.2, -0.15) is 0 Å². The molecular weight excluding hydrogens is 374 g/mol. The van der Waals surface area contributed by atoms with Gasteiger partial charge in [0.25, 0.3) is 0 Å². The van der Waals surface area contributed by atoms with Crippen molar-refractivity contribution in [2.75, 3.05) is 13.3 Å². The fraction of sp³-hybridized carbons (Fsp3) is 0.346. The van der Waals surface area contributed by atoms with Crippen LogP contribution in [0.25, 0.3) is 5.70 Å². The molecule has 6 rings (SSSR count). The van der Waals surface area contributed by atoms with Gasteiger partial charge in [0.1, 0.15) is 0 Å². The lowest BCUT2D eigenvalue weighted by Gasteiger charge is -2.46. The van der Waals surface area contributed by atoms with Crippen LogP contribution in [0.5, 0.6) is 11.5 Å². The summed E-state index contributed by atoms with van der Waals surface area (Å²) in [5, 5.41) is 0. The molecule has 3 aliphatic heterocycles. The molecule has 3 heterocycles. The SMILES string of the molecule is CC1(C)CC(=O)C2=C(C1)N1CCc3cc4c(cc3C1=C[C@@H]2c1ccccc1)OCO4. The number of nitrogens with zero attached hydrogens (tertiary/aromatic N) is 1. The molecule has 0 unspecified atom stereocenters. The van der Waals surface area contributed by atoms with E-state index < -0.39 is 0 Å². The first-order valence-corrected chi connectivity index (χ1v) is 10.7. The van der Waals surface area contributed by atoms with Crippen LogP contribution < -0.4 is 9.47 Å². The molecule has 0 spiro atoms. The number of carbonyl (C=O) groups excluding carboxylic acids is 1. The van der Waals surface area contributed by atoms with Gasteiger partial charge in [-0.25, -0.2) is 0 Å². The minimum absolute atomic E-state index is 0.00702. The number of fused-ring (bicyclic) bond motifs is 5. The summed E-state index contributed by atoms with van der Waals surface area (Å²) >= 11 is 0. The number of carbonyl (C=O) groups is 1. The number of hydrogen-bond donors (Lipinski definition) is 0. The van der Waals surface area contributed by atoms with E-state index in [0.717, 1.165) is 36.5 Å². The number of ether oxygens (including phenoxy) is 2. The fourth-order valence-corrected chi connectivity index (χ4v) is 5.45. The third kappa shape index (κ3) is 2.63. The molecule has 1 atom stereocenters. The molecule has 0 N–H and O–H groups in total. The van der Waals surface area contributed by atoms with E-state index in [4.69, 9.17) is 9.47 Å². The van der Waals surface area contributed by atoms with Gasteiger partial charge in [-0.05, 0) is 47.6 Å². The second kappa shape index (κ2) is 6.24. The van der Waals surface area contributed by atoms with Crippen molar-refractivity contribution in [2.45, 2.75) is 39.0 Å². The van der Waals surface area contributed by atoms with Gasteiger partial charge in [-0.15, -0.1) is 0 Å². The summed E-state index contributed by atoms with van der Waals surface area (Å²) in [6.45, 7) is 5.59. The summed E-state index contributed by atoms with van der Waals surface area (Å²) in [5.41, 5.74) is 7.06. The molecule has 152 valence electrons. The van der Waals surface area contributed by atoms with Crippen molar-refractivity contribution < 1.29 is 14.3 Å². The van der Waals surface area contributed by atoms with Gasteiger partial charge < -0.3 is 14.4 Å². The Kier molecular flexibility index (Phi) is 3.71. The average Bonchev–Trinajstić information content (AvgIpc) is 3.18. The van der Waals surface area contributed by atoms with Crippen LogP contribution in [0, 0.1) is 5.41 Å². The zero-order chi connectivity index (χ0) is 20.5. The van der Waals surface area contributed by atoms with Crippen molar-refractivity contribution in [2.24, 2.45) is 5.41 Å². The van der Waals surface area contributed by atoms with E-state index in [0.29, 0.717) is 12.2 Å². The van der Waals surface area contributed by atoms with Crippen LogP contribution in [-0.2, 0) is 11.2 Å². The predicted molar refractivity (Wildman–Crippen MR) is 115 cm³/mol. The zero-order valence-corrected chi connectivity index (χ0v) is 17.4. The Bertz CT molecular complexity index is 1130. The van der Waals surface area contributed by atoms with Crippen LogP contribution in [0.1, 0.15) is 49.3 Å². The van der Waals surface area contributed by atoms with Crippen LogP contribution >= 0.6 is 0 Å². The summed E-state index contributed by atoms with van der Waals surface area (Å²) < 4.78 is 11.3. The highest BCUT2D eigenvalue weighted by Gasteiger charge is 2.42. The van der Waals surface area contributed by atoms with Gasteiger partial charge in [0.05, 0.1) is 0 Å². The Morgan fingerprint density at radius 2 is 1.80 bits per heavy atom. The molecular formula is C26H25NO3. The molecule has 0 radical (unpaired) electrons. The molecule has 4 aliphatic rings. The molecule has 2 aromatic rings. The Morgan fingerprint density at radius 3 is 2.60 bits per heavy atom.